The van der Waals surface area contributed by atoms with Gasteiger partial charge in [0, 0.05) is 23.6 Å². The highest BCUT2D eigenvalue weighted by atomic mass is 79.9. The molecule has 7 heteroatoms. The van der Waals surface area contributed by atoms with Crippen LogP contribution >= 0.6 is 15.9 Å². The van der Waals surface area contributed by atoms with Crippen LogP contribution in [0.15, 0.2) is 53.0 Å². The Morgan fingerprint density at radius 2 is 1.97 bits per heavy atom. The minimum Gasteiger partial charge on any atom is -0.504 e. The fourth-order valence-electron chi connectivity index (χ4n) is 5.42. The van der Waals surface area contributed by atoms with Crippen molar-refractivity contribution in [2.75, 3.05) is 20.1 Å². The monoisotopic (exact) mass is 570 g/mol. The third-order valence-corrected chi connectivity index (χ3v) is 8.57. The summed E-state index contributed by atoms with van der Waals surface area (Å²) in [7, 11) is 1.87. The maximum Gasteiger partial charge on any atom is 0.246 e. The lowest BCUT2D eigenvalue weighted by molar-refractivity contribution is -0.131. The fraction of sp³-hybridized carbons (Fsp3) is 0.500. The van der Waals surface area contributed by atoms with Crippen molar-refractivity contribution in [2.24, 2.45) is 11.8 Å². The minimum atomic E-state index is -0.832. The molecule has 2 aliphatic rings. The van der Waals surface area contributed by atoms with Gasteiger partial charge in [-0.05, 0) is 118 Å². The summed E-state index contributed by atoms with van der Waals surface area (Å²) in [6.45, 7) is 1.90. The Bertz CT molecular complexity index is 1100. The van der Waals surface area contributed by atoms with Crippen molar-refractivity contribution < 1.29 is 20.1 Å². The molecule has 0 aromatic heterocycles. The molecule has 37 heavy (non-hydrogen) atoms. The van der Waals surface area contributed by atoms with Crippen LogP contribution in [0.3, 0.4) is 0 Å². The van der Waals surface area contributed by atoms with E-state index in [1.165, 1.54) is 18.9 Å². The van der Waals surface area contributed by atoms with Crippen molar-refractivity contribution >= 4 is 27.9 Å². The Morgan fingerprint density at radius 3 is 2.70 bits per heavy atom. The van der Waals surface area contributed by atoms with Crippen LogP contribution in [0.1, 0.15) is 56.1 Å². The van der Waals surface area contributed by atoms with Gasteiger partial charge in [-0.15, -0.1) is 0 Å². The Balaban J connectivity index is 1.39. The smallest absolute Gasteiger partial charge is 0.246 e. The number of rotatable bonds is 11. The third-order valence-electron chi connectivity index (χ3n) is 8.08. The molecule has 0 bridgehead atoms. The minimum absolute atomic E-state index is 0.0272. The van der Waals surface area contributed by atoms with E-state index < -0.39 is 5.60 Å². The molecular weight excluding hydrogens is 532 g/mol. The van der Waals surface area contributed by atoms with Gasteiger partial charge in [0.25, 0.3) is 0 Å². The van der Waals surface area contributed by atoms with Crippen LogP contribution in [0.4, 0.5) is 0 Å². The number of aliphatic hydroxyl groups is 1. The van der Waals surface area contributed by atoms with E-state index in [1.54, 1.807) is 18.2 Å². The number of likely N-dealkylation sites (N-methyl/N-ethyl adjacent to an activating group) is 1. The third kappa shape index (κ3) is 7.82. The van der Waals surface area contributed by atoms with Crippen molar-refractivity contribution in [2.45, 2.75) is 63.0 Å². The van der Waals surface area contributed by atoms with E-state index in [-0.39, 0.29) is 29.4 Å². The Morgan fingerprint density at radius 1 is 1.16 bits per heavy atom. The lowest BCUT2D eigenvalue weighted by atomic mass is 9.69. The van der Waals surface area contributed by atoms with Gasteiger partial charge in [-0.3, -0.25) is 4.79 Å². The zero-order valence-corrected chi connectivity index (χ0v) is 23.2. The number of phenolic OH excluding ortho intramolecular Hbond substituents is 2. The number of aryl methyl sites for hydroxylation is 1. The maximum atomic E-state index is 13.0. The van der Waals surface area contributed by atoms with Gasteiger partial charge in [0.15, 0.2) is 11.5 Å². The molecular formula is C30H39BrN2O4. The maximum absolute atomic E-state index is 13.0. The number of carbonyl (C=O) groups excluding carboxylic acids is 1. The molecule has 200 valence electrons. The molecule has 6 nitrogen and oxygen atoms in total. The van der Waals surface area contributed by atoms with Gasteiger partial charge in [0.2, 0.25) is 5.91 Å². The number of nitrogens with zero attached hydrogens (tertiary/aromatic N) is 1. The first kappa shape index (κ1) is 27.7. The second-order valence-electron chi connectivity index (χ2n) is 10.8. The summed E-state index contributed by atoms with van der Waals surface area (Å²) < 4.78 is 0.975. The van der Waals surface area contributed by atoms with Crippen LogP contribution in [0, 0.1) is 11.8 Å². The van der Waals surface area contributed by atoms with Crippen LogP contribution in [-0.2, 0) is 11.2 Å². The number of hydrogen-bond donors (Lipinski definition) is 4. The number of carbonyl (C=O) groups is 1. The number of nitrogens with one attached hydrogen (secondary N) is 1. The molecule has 4 N–H and O–H groups in total. The van der Waals surface area contributed by atoms with Gasteiger partial charge < -0.3 is 25.5 Å². The number of amides is 1. The van der Waals surface area contributed by atoms with Gasteiger partial charge >= 0.3 is 0 Å². The van der Waals surface area contributed by atoms with Gasteiger partial charge in [0.05, 0.1) is 5.60 Å². The molecule has 2 aromatic carbocycles. The average Bonchev–Trinajstić information content (AvgIpc) is 3.71. The molecule has 1 amide bonds. The highest BCUT2D eigenvalue weighted by molar-refractivity contribution is 9.10. The van der Waals surface area contributed by atoms with E-state index in [0.717, 1.165) is 53.9 Å². The van der Waals surface area contributed by atoms with Crippen LogP contribution < -0.4 is 5.32 Å². The Kier molecular flexibility index (Phi) is 9.32. The van der Waals surface area contributed by atoms with E-state index in [4.69, 9.17) is 0 Å². The molecule has 0 spiro atoms. The lowest BCUT2D eigenvalue weighted by Gasteiger charge is -2.45. The zero-order chi connectivity index (χ0) is 26.4. The molecule has 2 fully saturated rings. The summed E-state index contributed by atoms with van der Waals surface area (Å²) in [5.74, 6) is 0.573. The molecule has 2 saturated carbocycles. The van der Waals surface area contributed by atoms with Crippen LogP contribution in [-0.4, -0.2) is 57.9 Å². The number of aromatic hydroxyl groups is 2. The van der Waals surface area contributed by atoms with E-state index in [9.17, 15) is 20.1 Å². The van der Waals surface area contributed by atoms with Gasteiger partial charge in [-0.2, -0.15) is 0 Å². The first-order chi connectivity index (χ1) is 17.7. The summed E-state index contributed by atoms with van der Waals surface area (Å²) >= 11 is 3.47. The largest absolute Gasteiger partial charge is 0.504 e. The summed E-state index contributed by atoms with van der Waals surface area (Å²) in [6.07, 6.45) is 10.3. The van der Waals surface area contributed by atoms with Crippen LogP contribution in [0.25, 0.3) is 6.08 Å². The average molecular weight is 572 g/mol. The van der Waals surface area contributed by atoms with Crippen molar-refractivity contribution in [3.63, 3.8) is 0 Å². The summed E-state index contributed by atoms with van der Waals surface area (Å²) in [5, 5.41) is 34.8. The molecule has 0 saturated heterocycles. The highest BCUT2D eigenvalue weighted by Crippen LogP contribution is 2.41. The van der Waals surface area contributed by atoms with Crippen LogP contribution in [0.5, 0.6) is 11.5 Å². The standard InChI is InChI=1S/C30H39BrN2O4/c1-33(29(36)10-8-21-3-2-4-25(31)17-21)26-12-15-30(37,14-11-22-7-9-27(34)28(35)18-22)24(19-26)13-16-32-20-23-5-6-23/h2-4,7-10,17-18,23-24,26,32,34-35,37H,5-6,11-16,19-20H2,1H3/b10-8+. The SMILES string of the molecule is CN(C(=O)/C=C/c1cccc(Br)c1)C1CCC(O)(CCc2ccc(O)c(O)c2)C(CCNCC2CC2)C1. The van der Waals surface area contributed by atoms with Gasteiger partial charge in [-0.25, -0.2) is 0 Å². The van der Waals surface area contributed by atoms with Crippen molar-refractivity contribution in [3.05, 3.63) is 64.1 Å². The normalized spacial score (nSPS) is 23.9. The molecule has 3 atom stereocenters. The molecule has 2 aliphatic carbocycles. The second-order valence-corrected chi connectivity index (χ2v) is 11.7. The molecule has 3 unspecified atom stereocenters. The topological polar surface area (TPSA) is 93.0 Å². The molecule has 4 rings (SSSR count). The molecule has 0 radical (unpaired) electrons. The first-order valence-electron chi connectivity index (χ1n) is 13.4. The predicted octanol–water partition coefficient (Wildman–Crippen LogP) is 5.25. The molecule has 0 aliphatic heterocycles. The van der Waals surface area contributed by atoms with E-state index in [2.05, 4.69) is 21.2 Å². The number of benzene rings is 2. The second kappa shape index (κ2) is 12.5. The highest BCUT2D eigenvalue weighted by Gasteiger charge is 2.42. The van der Waals surface area contributed by atoms with E-state index in [1.807, 2.05) is 42.3 Å². The van der Waals surface area contributed by atoms with Crippen molar-refractivity contribution in [1.29, 1.82) is 0 Å². The van der Waals surface area contributed by atoms with Gasteiger partial charge in [0.1, 0.15) is 0 Å². The van der Waals surface area contributed by atoms with Gasteiger partial charge in [-0.1, -0.05) is 34.1 Å². The lowest BCUT2D eigenvalue weighted by Crippen LogP contribution is -2.50. The predicted molar refractivity (Wildman–Crippen MR) is 150 cm³/mol. The Labute approximate surface area is 228 Å². The van der Waals surface area contributed by atoms with Crippen LogP contribution in [0.2, 0.25) is 0 Å². The van der Waals surface area contributed by atoms with E-state index >= 15 is 0 Å². The molecule has 2 aromatic rings. The number of phenols is 2. The summed E-state index contributed by atoms with van der Waals surface area (Å²) in [6, 6.07) is 12.8. The van der Waals surface area contributed by atoms with Crippen molar-refractivity contribution in [3.8, 4) is 11.5 Å². The fourth-order valence-corrected chi connectivity index (χ4v) is 5.84. The Hall–Kier alpha value is -2.35. The quantitative estimate of drug-likeness (QED) is 0.168. The number of halogens is 1. The van der Waals surface area contributed by atoms with Crippen molar-refractivity contribution in [1.82, 2.24) is 10.2 Å². The summed E-state index contributed by atoms with van der Waals surface area (Å²) in [4.78, 5) is 14.8. The van der Waals surface area contributed by atoms with E-state index in [0.29, 0.717) is 19.3 Å². The number of hydrogen-bond acceptors (Lipinski definition) is 5. The zero-order valence-electron chi connectivity index (χ0n) is 21.6. The summed E-state index contributed by atoms with van der Waals surface area (Å²) in [5.41, 5.74) is 1.02. The molecule has 0 heterocycles. The first-order valence-corrected chi connectivity index (χ1v) is 14.2.